The van der Waals surface area contributed by atoms with Crippen molar-refractivity contribution in [2.45, 2.75) is 31.4 Å². The van der Waals surface area contributed by atoms with Crippen molar-refractivity contribution in [2.24, 2.45) is 11.8 Å². The minimum atomic E-state index is -0.920. The summed E-state index contributed by atoms with van der Waals surface area (Å²) in [4.78, 5) is 6.56. The Morgan fingerprint density at radius 2 is 1.84 bits per heavy atom. The second kappa shape index (κ2) is 6.46. The quantitative estimate of drug-likeness (QED) is 0.926. The third-order valence-electron chi connectivity index (χ3n) is 5.81. The zero-order chi connectivity index (χ0) is 17.4. The molecule has 4 rings (SSSR count). The summed E-state index contributed by atoms with van der Waals surface area (Å²) >= 11 is 0. The van der Waals surface area contributed by atoms with Crippen molar-refractivity contribution in [3.05, 3.63) is 65.5 Å². The summed E-state index contributed by atoms with van der Waals surface area (Å²) in [5.74, 6) is -1.45. The van der Waals surface area contributed by atoms with Crippen LogP contribution >= 0.6 is 0 Å². The standard InChI is InChI=1S/C20H22F2N2O/c21-17-8-3-5-14(19(17)22)11-24-12-15-6-4-7-16(13-24)20(15,25)18-9-1-2-10-23-18/h1-3,5,8-10,15-16,25H,4,6-7,11-13H2. The van der Waals surface area contributed by atoms with Crippen LogP contribution in [-0.4, -0.2) is 28.1 Å². The number of pyridine rings is 1. The third kappa shape index (κ3) is 2.85. The van der Waals surface area contributed by atoms with Gasteiger partial charge < -0.3 is 5.11 Å². The van der Waals surface area contributed by atoms with Gasteiger partial charge in [0.2, 0.25) is 0 Å². The van der Waals surface area contributed by atoms with Crippen LogP contribution in [0.15, 0.2) is 42.6 Å². The monoisotopic (exact) mass is 344 g/mol. The molecule has 1 saturated heterocycles. The molecule has 1 aliphatic heterocycles. The lowest BCUT2D eigenvalue weighted by molar-refractivity contribution is -0.151. The summed E-state index contributed by atoms with van der Waals surface area (Å²) in [7, 11) is 0. The molecule has 1 N–H and O–H groups in total. The predicted molar refractivity (Wildman–Crippen MR) is 90.6 cm³/mol. The van der Waals surface area contributed by atoms with Gasteiger partial charge in [-0.15, -0.1) is 0 Å². The van der Waals surface area contributed by atoms with E-state index < -0.39 is 17.2 Å². The fraction of sp³-hybridized carbons (Fsp3) is 0.450. The first-order valence-electron chi connectivity index (χ1n) is 8.88. The van der Waals surface area contributed by atoms with Crippen molar-refractivity contribution >= 4 is 0 Å². The van der Waals surface area contributed by atoms with E-state index in [1.54, 1.807) is 18.3 Å². The van der Waals surface area contributed by atoms with Gasteiger partial charge in [-0.05, 0) is 31.0 Å². The molecule has 0 spiro atoms. The van der Waals surface area contributed by atoms with Gasteiger partial charge in [0.1, 0.15) is 5.60 Å². The van der Waals surface area contributed by atoms with E-state index in [1.807, 2.05) is 18.2 Å². The van der Waals surface area contributed by atoms with E-state index in [1.165, 1.54) is 0 Å². The number of benzene rings is 1. The number of nitrogens with zero attached hydrogens (tertiary/aromatic N) is 2. The van der Waals surface area contributed by atoms with Crippen LogP contribution in [0.1, 0.15) is 30.5 Å². The average Bonchev–Trinajstić information content (AvgIpc) is 2.60. The van der Waals surface area contributed by atoms with Gasteiger partial charge in [-0.25, -0.2) is 8.78 Å². The molecule has 3 nitrogen and oxygen atoms in total. The molecule has 1 saturated carbocycles. The molecule has 2 unspecified atom stereocenters. The van der Waals surface area contributed by atoms with Crippen LogP contribution in [-0.2, 0) is 12.1 Å². The highest BCUT2D eigenvalue weighted by atomic mass is 19.2. The van der Waals surface area contributed by atoms with Crippen LogP contribution in [0, 0.1) is 23.5 Å². The Kier molecular flexibility index (Phi) is 4.29. The Labute approximate surface area is 146 Å². The van der Waals surface area contributed by atoms with Gasteiger partial charge in [-0.2, -0.15) is 0 Å². The molecule has 2 atom stereocenters. The topological polar surface area (TPSA) is 36.4 Å². The number of aliphatic hydroxyl groups is 1. The van der Waals surface area contributed by atoms with Crippen molar-refractivity contribution in [3.63, 3.8) is 0 Å². The van der Waals surface area contributed by atoms with E-state index in [0.717, 1.165) is 31.0 Å². The van der Waals surface area contributed by atoms with E-state index in [4.69, 9.17) is 0 Å². The maximum Gasteiger partial charge on any atom is 0.163 e. The molecular weight excluding hydrogens is 322 g/mol. The fourth-order valence-corrected chi connectivity index (χ4v) is 4.60. The summed E-state index contributed by atoms with van der Waals surface area (Å²) < 4.78 is 27.5. The van der Waals surface area contributed by atoms with Gasteiger partial charge in [-0.1, -0.05) is 24.6 Å². The Balaban J connectivity index is 1.58. The maximum atomic E-state index is 14.0. The van der Waals surface area contributed by atoms with Crippen LogP contribution in [0.2, 0.25) is 0 Å². The maximum absolute atomic E-state index is 14.0. The molecular formula is C20H22F2N2O. The number of aromatic nitrogens is 1. The second-order valence-corrected chi connectivity index (χ2v) is 7.27. The first-order valence-corrected chi connectivity index (χ1v) is 8.88. The molecule has 132 valence electrons. The molecule has 0 amide bonds. The van der Waals surface area contributed by atoms with Crippen molar-refractivity contribution in [1.29, 1.82) is 0 Å². The minimum Gasteiger partial charge on any atom is -0.383 e. The van der Waals surface area contributed by atoms with Crippen molar-refractivity contribution in [3.8, 4) is 0 Å². The molecule has 1 aromatic carbocycles. The first-order chi connectivity index (χ1) is 12.1. The largest absolute Gasteiger partial charge is 0.383 e. The summed E-state index contributed by atoms with van der Waals surface area (Å²) in [6, 6.07) is 9.97. The van der Waals surface area contributed by atoms with Gasteiger partial charge in [0, 0.05) is 43.2 Å². The molecule has 1 aliphatic carbocycles. The third-order valence-corrected chi connectivity index (χ3v) is 5.81. The van der Waals surface area contributed by atoms with E-state index in [0.29, 0.717) is 25.2 Å². The van der Waals surface area contributed by atoms with E-state index >= 15 is 0 Å². The fourth-order valence-electron chi connectivity index (χ4n) is 4.60. The molecule has 25 heavy (non-hydrogen) atoms. The van der Waals surface area contributed by atoms with Crippen molar-refractivity contribution in [2.75, 3.05) is 13.1 Å². The Bertz CT molecular complexity index is 739. The minimum absolute atomic E-state index is 0.0616. The summed E-state index contributed by atoms with van der Waals surface area (Å²) in [6.45, 7) is 1.70. The molecule has 2 aromatic rings. The highest BCUT2D eigenvalue weighted by molar-refractivity contribution is 5.22. The van der Waals surface area contributed by atoms with E-state index in [-0.39, 0.29) is 11.8 Å². The normalized spacial score (nSPS) is 29.6. The molecule has 2 fully saturated rings. The smallest absolute Gasteiger partial charge is 0.163 e. The molecule has 2 bridgehead atoms. The van der Waals surface area contributed by atoms with Gasteiger partial charge >= 0.3 is 0 Å². The number of halogens is 2. The zero-order valence-electron chi connectivity index (χ0n) is 14.0. The van der Waals surface area contributed by atoms with Crippen LogP contribution in [0.25, 0.3) is 0 Å². The van der Waals surface area contributed by atoms with Crippen LogP contribution < -0.4 is 0 Å². The van der Waals surface area contributed by atoms with E-state index in [2.05, 4.69) is 9.88 Å². The average molecular weight is 344 g/mol. The molecule has 2 aliphatic rings. The highest BCUT2D eigenvalue weighted by Crippen LogP contribution is 2.48. The number of likely N-dealkylation sites (tertiary alicyclic amines) is 1. The van der Waals surface area contributed by atoms with Crippen molar-refractivity contribution < 1.29 is 13.9 Å². The number of hydrogen-bond donors (Lipinski definition) is 1. The molecule has 0 radical (unpaired) electrons. The van der Waals surface area contributed by atoms with Crippen LogP contribution in [0.5, 0.6) is 0 Å². The number of piperidine rings is 1. The molecule has 1 aromatic heterocycles. The second-order valence-electron chi connectivity index (χ2n) is 7.27. The van der Waals surface area contributed by atoms with Gasteiger partial charge in [0.25, 0.3) is 0 Å². The lowest BCUT2D eigenvalue weighted by Gasteiger charge is -2.52. The summed E-state index contributed by atoms with van der Waals surface area (Å²) in [5.41, 5.74) is 0.193. The summed E-state index contributed by atoms with van der Waals surface area (Å²) in [6.07, 6.45) is 4.65. The Morgan fingerprint density at radius 3 is 2.52 bits per heavy atom. The van der Waals surface area contributed by atoms with Crippen molar-refractivity contribution in [1.82, 2.24) is 9.88 Å². The summed E-state index contributed by atoms with van der Waals surface area (Å²) in [5, 5.41) is 11.5. The zero-order valence-corrected chi connectivity index (χ0v) is 14.0. The lowest BCUT2D eigenvalue weighted by Crippen LogP contribution is -2.58. The SMILES string of the molecule is OC1(c2ccccn2)C2CCCC1CN(Cc1cccc(F)c1F)C2. The number of fused-ring (bicyclic) bond motifs is 2. The first kappa shape index (κ1) is 16.6. The Morgan fingerprint density at radius 1 is 1.08 bits per heavy atom. The Hall–Kier alpha value is -1.85. The highest BCUT2D eigenvalue weighted by Gasteiger charge is 2.52. The predicted octanol–water partition coefficient (Wildman–Crippen LogP) is 3.48. The van der Waals surface area contributed by atoms with Gasteiger partial charge in [0.15, 0.2) is 11.6 Å². The number of hydrogen-bond acceptors (Lipinski definition) is 3. The molecule has 5 heteroatoms. The molecule has 2 heterocycles. The lowest BCUT2D eigenvalue weighted by atomic mass is 9.64. The van der Waals surface area contributed by atoms with E-state index in [9.17, 15) is 13.9 Å². The van der Waals surface area contributed by atoms with Crippen LogP contribution in [0.3, 0.4) is 0 Å². The van der Waals surface area contributed by atoms with Gasteiger partial charge in [0.05, 0.1) is 5.69 Å². The van der Waals surface area contributed by atoms with Crippen LogP contribution in [0.4, 0.5) is 8.78 Å². The number of rotatable bonds is 3. The van der Waals surface area contributed by atoms with Gasteiger partial charge in [-0.3, -0.25) is 9.88 Å².